The highest BCUT2D eigenvalue weighted by Crippen LogP contribution is 2.66. The molecule has 1 saturated heterocycles. The monoisotopic (exact) mass is 504 g/mol. The molecule has 174 valence electrons. The molecule has 1 aliphatic rings. The minimum Gasteiger partial charge on any atom is -0.390 e. The van der Waals surface area contributed by atoms with Crippen LogP contribution in [0, 0.1) is 5.92 Å². The van der Waals surface area contributed by atoms with Crippen LogP contribution >= 0.6 is 23.5 Å². The lowest BCUT2D eigenvalue weighted by molar-refractivity contribution is -0.0436. The van der Waals surface area contributed by atoms with E-state index in [9.17, 15) is 23.7 Å². The fourth-order valence-electron chi connectivity index (χ4n) is 3.01. The molecule has 2 aromatic rings. The zero-order valence-corrected chi connectivity index (χ0v) is 18.3. The molecule has 0 bridgehead atoms. The average molecular weight is 504 g/mol. The Labute approximate surface area is 174 Å². The number of hydrogen-bond acceptors (Lipinski definition) is 11. The van der Waals surface area contributed by atoms with E-state index in [1.54, 1.807) is 23.8 Å². The smallest absolute Gasteiger partial charge is 0.390 e. The number of aliphatic hydroxyl groups is 1. The molecule has 3 rings (SSSR count). The molecule has 0 aromatic carbocycles. The number of nitrogen functional groups attached to an aromatic ring is 1. The Hall–Kier alpha value is -1.25. The number of aliphatic hydroxyl groups excluding tert-OH is 1. The Morgan fingerprint density at radius 1 is 1.16 bits per heavy atom. The molecule has 0 saturated carbocycles. The number of anilines is 1. The van der Waals surface area contributed by atoms with Crippen LogP contribution in [-0.4, -0.2) is 58.0 Å². The van der Waals surface area contributed by atoms with Gasteiger partial charge in [0.05, 0.1) is 18.1 Å². The molecule has 7 N–H and O–H groups in total. The lowest BCUT2D eigenvalue weighted by atomic mass is 10.0. The average Bonchev–Trinajstić information content (AvgIpc) is 3.13. The van der Waals surface area contributed by atoms with Crippen LogP contribution in [-0.2, 0) is 31.6 Å². The molecule has 31 heavy (non-hydrogen) atoms. The van der Waals surface area contributed by atoms with E-state index in [0.29, 0.717) is 11.0 Å². The maximum Gasteiger partial charge on any atom is 0.490 e. The molecule has 0 radical (unpaired) electrons. The van der Waals surface area contributed by atoms with Crippen molar-refractivity contribution in [2.75, 3.05) is 12.3 Å². The van der Waals surface area contributed by atoms with Crippen molar-refractivity contribution in [3.63, 3.8) is 0 Å². The Morgan fingerprint density at radius 2 is 1.84 bits per heavy atom. The van der Waals surface area contributed by atoms with Gasteiger partial charge in [-0.2, -0.15) is 8.62 Å². The molecule has 3 heterocycles. The van der Waals surface area contributed by atoms with Gasteiger partial charge in [0.1, 0.15) is 30.1 Å². The van der Waals surface area contributed by atoms with Crippen molar-refractivity contribution in [3.05, 3.63) is 18.6 Å². The van der Waals surface area contributed by atoms with Gasteiger partial charge in [0, 0.05) is 12.1 Å². The van der Waals surface area contributed by atoms with E-state index in [1.807, 2.05) is 0 Å². The highest BCUT2D eigenvalue weighted by atomic mass is 31.3. The van der Waals surface area contributed by atoms with Gasteiger partial charge in [-0.25, -0.2) is 23.7 Å². The molecule has 16 nitrogen and oxygen atoms in total. The second-order valence-electron chi connectivity index (χ2n) is 6.52. The summed E-state index contributed by atoms with van der Waals surface area (Å²) in [6.07, 6.45) is -0.308. The summed E-state index contributed by atoms with van der Waals surface area (Å²) in [4.78, 5) is 43.8. The molecule has 2 aromatic heterocycles. The molecular weight excluding hydrogens is 485 g/mol. The molecule has 1 fully saturated rings. The summed E-state index contributed by atoms with van der Waals surface area (Å²) in [6, 6.07) is 1.65. The second kappa shape index (κ2) is 8.60. The van der Waals surface area contributed by atoms with Crippen molar-refractivity contribution in [3.8, 4) is 0 Å². The number of hydrogen-bond donors (Lipinski definition) is 6. The second-order valence-corrected chi connectivity index (χ2v) is 10.9. The zero-order valence-electron chi connectivity index (χ0n) is 15.6. The first-order chi connectivity index (χ1) is 14.2. The number of nitrogens with two attached hydrogens (primary N) is 1. The van der Waals surface area contributed by atoms with Crippen LogP contribution in [0.4, 0.5) is 5.82 Å². The van der Waals surface area contributed by atoms with Gasteiger partial charge < -0.3 is 39.7 Å². The summed E-state index contributed by atoms with van der Waals surface area (Å²) in [5, 5.41) is 11.0. The summed E-state index contributed by atoms with van der Waals surface area (Å²) in [6.45, 7) is 0.860. The van der Waals surface area contributed by atoms with Crippen LogP contribution in [0.25, 0.3) is 11.0 Å². The van der Waals surface area contributed by atoms with Gasteiger partial charge in [-0.15, -0.1) is 0 Å². The van der Waals surface area contributed by atoms with Crippen molar-refractivity contribution in [2.45, 2.75) is 25.4 Å². The Balaban J connectivity index is 1.69. The summed E-state index contributed by atoms with van der Waals surface area (Å²) in [5.74, 6) is -0.319. The summed E-state index contributed by atoms with van der Waals surface area (Å²) >= 11 is 0. The van der Waals surface area contributed by atoms with Crippen LogP contribution < -0.4 is 5.73 Å². The molecule has 0 spiro atoms. The molecule has 6 atom stereocenters. The first-order valence-electron chi connectivity index (χ1n) is 8.38. The van der Waals surface area contributed by atoms with E-state index in [1.165, 1.54) is 6.33 Å². The number of phosphoric acid groups is 3. The van der Waals surface area contributed by atoms with E-state index >= 15 is 0 Å². The third kappa shape index (κ3) is 5.76. The standard InChI is InChI=1S/C12H19N4O12P3/c1-6-9(17)8(4-25-30(21,22)28-31(23,24)27-29(18,19)20)26-12(6)16-3-2-7-10(13)14-5-15-11(7)16/h2-3,5-6,8-9,12,17H,4H2,1H3,(H,21,22)(H,23,24)(H2,13,14,15)(H2,18,19,20)/t6-,8+,9-,12+/m0/s1. The van der Waals surface area contributed by atoms with Crippen molar-refractivity contribution in [1.82, 2.24) is 14.5 Å². The Morgan fingerprint density at radius 3 is 2.48 bits per heavy atom. The number of fused-ring (bicyclic) bond motifs is 1. The normalized spacial score (nSPS) is 28.5. The minimum atomic E-state index is -5.64. The minimum absolute atomic E-state index is 0.235. The Kier molecular flexibility index (Phi) is 6.76. The van der Waals surface area contributed by atoms with Crippen molar-refractivity contribution < 1.29 is 56.3 Å². The zero-order chi connectivity index (χ0) is 23.2. The van der Waals surface area contributed by atoms with E-state index in [-0.39, 0.29) is 5.82 Å². The number of nitrogens with zero attached hydrogens (tertiary/aromatic N) is 3. The Bertz CT molecular complexity index is 1100. The predicted octanol–water partition coefficient (Wildman–Crippen LogP) is 0.251. The van der Waals surface area contributed by atoms with Crippen LogP contribution in [0.2, 0.25) is 0 Å². The first kappa shape index (κ1) is 24.4. The van der Waals surface area contributed by atoms with E-state index in [4.69, 9.17) is 25.2 Å². The van der Waals surface area contributed by atoms with E-state index in [0.717, 1.165) is 0 Å². The van der Waals surface area contributed by atoms with Crippen LogP contribution in [0.5, 0.6) is 0 Å². The van der Waals surface area contributed by atoms with Gasteiger partial charge >= 0.3 is 23.5 Å². The molecule has 1 aliphatic heterocycles. The third-order valence-corrected chi connectivity index (χ3v) is 8.12. The largest absolute Gasteiger partial charge is 0.490 e. The van der Waals surface area contributed by atoms with Gasteiger partial charge in [-0.05, 0) is 6.07 Å². The first-order valence-corrected chi connectivity index (χ1v) is 12.9. The molecular formula is C12H19N4O12P3. The maximum atomic E-state index is 11.9. The highest BCUT2D eigenvalue weighted by molar-refractivity contribution is 7.66. The van der Waals surface area contributed by atoms with Gasteiger partial charge in [0.15, 0.2) is 0 Å². The van der Waals surface area contributed by atoms with Crippen LogP contribution in [0.3, 0.4) is 0 Å². The van der Waals surface area contributed by atoms with E-state index in [2.05, 4.69) is 23.1 Å². The van der Waals surface area contributed by atoms with E-state index < -0.39 is 54.4 Å². The van der Waals surface area contributed by atoms with Crippen LogP contribution in [0.15, 0.2) is 18.6 Å². The van der Waals surface area contributed by atoms with Crippen LogP contribution in [0.1, 0.15) is 13.2 Å². The number of ether oxygens (including phenoxy) is 1. The van der Waals surface area contributed by atoms with Gasteiger partial charge in [0.25, 0.3) is 0 Å². The quantitative estimate of drug-likeness (QED) is 0.264. The fraction of sp³-hybridized carbons (Fsp3) is 0.500. The third-order valence-electron chi connectivity index (χ3n) is 4.32. The van der Waals surface area contributed by atoms with Crippen molar-refractivity contribution in [2.24, 2.45) is 5.92 Å². The molecule has 2 unspecified atom stereocenters. The van der Waals surface area contributed by atoms with Gasteiger partial charge in [-0.1, -0.05) is 6.92 Å². The summed E-state index contributed by atoms with van der Waals surface area (Å²) in [7, 11) is -16.5. The lowest BCUT2D eigenvalue weighted by Crippen LogP contribution is -2.29. The summed E-state index contributed by atoms with van der Waals surface area (Å²) in [5.41, 5.74) is 6.21. The fourth-order valence-corrected chi connectivity index (χ4v) is 6.04. The molecule has 0 amide bonds. The maximum absolute atomic E-state index is 11.9. The van der Waals surface area contributed by atoms with Gasteiger partial charge in [0.2, 0.25) is 0 Å². The molecule has 0 aliphatic carbocycles. The van der Waals surface area contributed by atoms with Gasteiger partial charge in [-0.3, -0.25) is 4.52 Å². The van der Waals surface area contributed by atoms with Crippen molar-refractivity contribution in [1.29, 1.82) is 0 Å². The van der Waals surface area contributed by atoms with Crippen molar-refractivity contribution >= 4 is 40.3 Å². The number of phosphoric ester groups is 1. The lowest BCUT2D eigenvalue weighted by Gasteiger charge is -2.19. The number of rotatable bonds is 8. The molecule has 19 heteroatoms. The SMILES string of the molecule is C[C@H]1[C@H](O)[C@@H](COP(=O)(O)OP(=O)(O)OP(=O)(O)O)O[C@H]1n1ccc2c(N)ncnc21. The number of aromatic nitrogens is 3. The predicted molar refractivity (Wildman–Crippen MR) is 101 cm³/mol. The topological polar surface area (TPSA) is 246 Å². The summed E-state index contributed by atoms with van der Waals surface area (Å²) < 4.78 is 52.9. The highest BCUT2D eigenvalue weighted by Gasteiger charge is 2.45.